The molecule has 13 nitrogen and oxygen atoms in total. The molecule has 15 heavy (non-hydrogen) atoms. The monoisotopic (exact) mass is 454 g/mol. The standard InChI is InChI=1S/H2I2N5O8/c1-2-9-13-15-11-7(6-5-4-3)10-14-12-8/h3,8H/q-1/b4-3?,6-5+. The summed E-state index contributed by atoms with van der Waals surface area (Å²) in [6, 6.07) is 0. The maximum atomic E-state index is 7.69. The van der Waals surface area contributed by atoms with Crippen LogP contribution in [0.25, 0.3) is 0 Å². The van der Waals surface area contributed by atoms with Crippen LogP contribution < -0.4 is 17.6 Å². The molecule has 90 valence electrons. The fourth-order valence-electron chi connectivity index (χ4n) is 0.193. The van der Waals surface area contributed by atoms with Gasteiger partial charge in [0.1, 0.15) is 0 Å². The summed E-state index contributed by atoms with van der Waals surface area (Å²) in [5.41, 5.74) is 6.23. The summed E-state index contributed by atoms with van der Waals surface area (Å²) in [6.07, 6.45) is 0. The molecule has 2 N–H and O–H groups in total. The summed E-state index contributed by atoms with van der Waals surface area (Å²) >= 11 is 1.25. The van der Waals surface area contributed by atoms with Crippen molar-refractivity contribution < 1.29 is 56.2 Å². The molecule has 15 heteroatoms. The van der Waals surface area contributed by atoms with Crippen LogP contribution in [0.5, 0.6) is 0 Å². The molecule has 0 radical (unpaired) electrons. The number of hydrogen-bond acceptors (Lipinski definition) is 10. The van der Waals surface area contributed by atoms with E-state index in [-0.39, 0.29) is 5.34 Å². The van der Waals surface area contributed by atoms with E-state index in [4.69, 9.17) is 10.8 Å². The summed E-state index contributed by atoms with van der Waals surface area (Å²) in [7, 11) is 0. The third-order valence-electron chi connectivity index (χ3n) is 0.454. The zero-order chi connectivity index (χ0) is 11.4. The van der Waals surface area contributed by atoms with Crippen LogP contribution in [0.15, 0.2) is 15.7 Å². The van der Waals surface area contributed by atoms with Gasteiger partial charge in [-0.3, -0.25) is 0 Å². The molecule has 0 fully saturated rings. The van der Waals surface area contributed by atoms with Crippen molar-refractivity contribution >= 4 is 18.6 Å². The van der Waals surface area contributed by atoms with Crippen LogP contribution in [-0.2, 0) is 33.3 Å². The predicted molar refractivity (Wildman–Crippen MR) is 36.1 cm³/mol. The number of rotatable bonds is 10. The summed E-state index contributed by atoms with van der Waals surface area (Å²) in [5, 5.41) is 30.0. The molecule has 0 atom stereocenters. The molecule has 0 aromatic rings. The molecule has 0 amide bonds. The molecule has 0 rings (SSSR count). The van der Waals surface area contributed by atoms with Crippen molar-refractivity contribution in [2.45, 2.75) is 0 Å². The molecule has 0 aliphatic heterocycles. The summed E-state index contributed by atoms with van der Waals surface area (Å²) < 4.78 is 4.31. The molecule has 0 aliphatic rings. The van der Waals surface area contributed by atoms with E-state index in [0.29, 0.717) is 0 Å². The van der Waals surface area contributed by atoms with E-state index in [1.807, 2.05) is 18.6 Å². The Morgan fingerprint density at radius 2 is 2.00 bits per heavy atom. The van der Waals surface area contributed by atoms with Gasteiger partial charge < -0.3 is 0 Å². The molecule has 0 aromatic carbocycles. The molecule has 0 saturated heterocycles. The minimum atomic E-state index is -0.663. The van der Waals surface area contributed by atoms with Crippen LogP contribution in [0.4, 0.5) is 0 Å². The number of nitrogens with zero attached hydrogens (tertiary/aromatic N) is 4. The van der Waals surface area contributed by atoms with Gasteiger partial charge in [0.15, 0.2) is 0 Å². The molecular formula is H2I2N5O8-. The van der Waals surface area contributed by atoms with Crippen molar-refractivity contribution in [2.75, 3.05) is 0 Å². The average Bonchev–Trinajstić information content (AvgIpc) is 2.27. The molecule has 0 unspecified atom stereocenters. The number of nitrogens with one attached hydrogen (secondary N) is 1. The zero-order valence-corrected chi connectivity index (χ0v) is 10.7. The van der Waals surface area contributed by atoms with Crippen LogP contribution in [0.1, 0.15) is 0 Å². The quantitative estimate of drug-likeness (QED) is 0.125. The van der Waals surface area contributed by atoms with Crippen LogP contribution in [0, 0.1) is 5.53 Å². The van der Waals surface area contributed by atoms with E-state index in [2.05, 4.69) is 49.0 Å². The second-order valence-corrected chi connectivity index (χ2v) is 3.99. The van der Waals surface area contributed by atoms with Crippen molar-refractivity contribution in [3.8, 4) is 0 Å². The molecule has 0 saturated carbocycles. The Balaban J connectivity index is 3.68. The van der Waals surface area contributed by atoms with Gasteiger partial charge in [0.25, 0.3) is 0 Å². The van der Waals surface area contributed by atoms with E-state index in [1.54, 1.807) is 0 Å². The Kier molecular flexibility index (Phi) is 12.3. The average molecular weight is 454 g/mol. The maximum absolute atomic E-state index is 7.69. The van der Waals surface area contributed by atoms with Crippen molar-refractivity contribution in [2.24, 2.45) is 15.7 Å². The van der Waals surface area contributed by atoms with Crippen molar-refractivity contribution in [3.05, 3.63) is 0 Å². The zero-order valence-electron chi connectivity index (χ0n) is 6.35. The Morgan fingerprint density at radius 1 is 1.27 bits per heavy atom. The van der Waals surface area contributed by atoms with Crippen molar-refractivity contribution in [1.29, 1.82) is 5.53 Å². The van der Waals surface area contributed by atoms with Gasteiger partial charge in [-0.25, -0.2) is 0 Å². The van der Waals surface area contributed by atoms with Crippen LogP contribution in [-0.4, -0.2) is 10.6 Å². The van der Waals surface area contributed by atoms with E-state index in [9.17, 15) is 0 Å². The predicted octanol–water partition coefficient (Wildman–Crippen LogP) is -2.05. The van der Waals surface area contributed by atoms with Gasteiger partial charge >= 0.3 is 101 Å². The van der Waals surface area contributed by atoms with Gasteiger partial charge in [0.05, 0.1) is 0 Å². The SMILES string of the molecule is N=N/N=N/N(OOOO)OOOO[I-]I. The van der Waals surface area contributed by atoms with Gasteiger partial charge in [-0.05, 0) is 0 Å². The second kappa shape index (κ2) is 12.2. The fraction of sp³-hybridized carbons (Fsp3) is 0. The first-order valence-corrected chi connectivity index (χ1v) is 9.67. The first kappa shape index (κ1) is 15.1. The molecular weight excluding hydrogens is 452 g/mol. The van der Waals surface area contributed by atoms with E-state index in [0.717, 1.165) is 0 Å². The first-order valence-electron chi connectivity index (χ1n) is 2.50. The van der Waals surface area contributed by atoms with E-state index < -0.39 is 17.6 Å². The number of hydrogen-bond donors (Lipinski definition) is 2. The minimum absolute atomic E-state index is 0.0108. The van der Waals surface area contributed by atoms with E-state index in [1.165, 1.54) is 0 Å². The topological polar surface area (TPSA) is 149 Å². The molecule has 0 heterocycles. The third kappa shape index (κ3) is 10.4. The first-order chi connectivity index (χ1) is 7.35. The Morgan fingerprint density at radius 3 is 2.60 bits per heavy atom. The van der Waals surface area contributed by atoms with Crippen LogP contribution in [0.2, 0.25) is 0 Å². The van der Waals surface area contributed by atoms with Crippen LogP contribution in [0.3, 0.4) is 0 Å². The van der Waals surface area contributed by atoms with E-state index >= 15 is 0 Å². The Hall–Kier alpha value is 0.140. The molecule has 0 aliphatic carbocycles. The van der Waals surface area contributed by atoms with Gasteiger partial charge in [-0.15, -0.1) is 0 Å². The molecule has 0 spiro atoms. The van der Waals surface area contributed by atoms with Gasteiger partial charge in [0.2, 0.25) is 0 Å². The Bertz CT molecular complexity index is 176. The normalized spacial score (nSPS) is 11.1. The molecule has 0 bridgehead atoms. The molecule has 0 aromatic heterocycles. The summed E-state index contributed by atoms with van der Waals surface area (Å²) in [5.74, 6) is 0. The number of halogens is 2. The van der Waals surface area contributed by atoms with Gasteiger partial charge in [-0.1, -0.05) is 0 Å². The van der Waals surface area contributed by atoms with Gasteiger partial charge in [-0.2, -0.15) is 0 Å². The van der Waals surface area contributed by atoms with Crippen LogP contribution >= 0.6 is 18.6 Å². The Labute approximate surface area is 101 Å². The third-order valence-corrected chi connectivity index (χ3v) is 1.65. The summed E-state index contributed by atoms with van der Waals surface area (Å²) in [6.45, 7) is 0. The second-order valence-electron chi connectivity index (χ2n) is 1.07. The fourth-order valence-corrected chi connectivity index (χ4v) is 0.681. The van der Waals surface area contributed by atoms with Crippen molar-refractivity contribution in [3.63, 3.8) is 0 Å². The summed E-state index contributed by atoms with van der Waals surface area (Å²) in [4.78, 5) is 7.86. The van der Waals surface area contributed by atoms with Gasteiger partial charge in [0, 0.05) is 0 Å². The van der Waals surface area contributed by atoms with Crippen molar-refractivity contribution in [1.82, 2.24) is 5.34 Å².